The summed E-state index contributed by atoms with van der Waals surface area (Å²) in [7, 11) is 0. The molecule has 0 spiro atoms. The molecule has 0 radical (unpaired) electrons. The molecule has 128 valence electrons. The van der Waals surface area contributed by atoms with Crippen LogP contribution < -0.4 is 0 Å². The zero-order chi connectivity index (χ0) is 17.1. The number of carbonyl (C=O) groups is 1. The van der Waals surface area contributed by atoms with Gasteiger partial charge in [0.05, 0.1) is 5.69 Å². The zero-order valence-electron chi connectivity index (χ0n) is 13.8. The number of hydrogen-bond acceptors (Lipinski definition) is 3. The van der Waals surface area contributed by atoms with Crippen molar-refractivity contribution in [1.82, 2.24) is 14.7 Å². The van der Waals surface area contributed by atoms with Gasteiger partial charge in [-0.05, 0) is 62.9 Å². The molecule has 1 fully saturated rings. The number of carbonyl (C=O) groups excluding carboxylic acids is 1. The van der Waals surface area contributed by atoms with Gasteiger partial charge in [0.2, 0.25) is 0 Å². The van der Waals surface area contributed by atoms with Crippen molar-refractivity contribution in [2.45, 2.75) is 38.6 Å². The highest BCUT2D eigenvalue weighted by atomic mass is 19.1. The van der Waals surface area contributed by atoms with E-state index >= 15 is 0 Å². The van der Waals surface area contributed by atoms with Crippen molar-refractivity contribution in [2.24, 2.45) is 0 Å². The van der Waals surface area contributed by atoms with Crippen LogP contribution in [-0.2, 0) is 0 Å². The molecule has 1 N–H and O–H groups in total. The average Bonchev–Trinajstić information content (AvgIpc) is 2.98. The van der Waals surface area contributed by atoms with Crippen LogP contribution in [0, 0.1) is 12.7 Å². The zero-order valence-corrected chi connectivity index (χ0v) is 13.8. The summed E-state index contributed by atoms with van der Waals surface area (Å²) in [6, 6.07) is 7.86. The number of nitrogens with zero attached hydrogens (tertiary/aromatic N) is 3. The van der Waals surface area contributed by atoms with Crippen LogP contribution in [0.25, 0.3) is 5.69 Å². The molecule has 1 aliphatic heterocycles. The van der Waals surface area contributed by atoms with E-state index in [1.54, 1.807) is 22.9 Å². The minimum atomic E-state index is -0.306. The van der Waals surface area contributed by atoms with Gasteiger partial charge in [-0.3, -0.25) is 4.79 Å². The summed E-state index contributed by atoms with van der Waals surface area (Å²) in [6.07, 6.45) is 3.58. The van der Waals surface area contributed by atoms with Gasteiger partial charge < -0.3 is 10.0 Å². The number of aliphatic hydroxyl groups excluding tert-OH is 1. The van der Waals surface area contributed by atoms with Gasteiger partial charge in [0.15, 0.2) is 5.69 Å². The third kappa shape index (κ3) is 3.33. The maximum atomic E-state index is 13.1. The van der Waals surface area contributed by atoms with Crippen LogP contribution >= 0.6 is 0 Å². The molecule has 1 unspecified atom stereocenters. The molecule has 1 atom stereocenters. The molecule has 1 saturated heterocycles. The lowest BCUT2D eigenvalue weighted by Crippen LogP contribution is -2.44. The molecular formula is C18H22FN3O2. The van der Waals surface area contributed by atoms with Crippen LogP contribution in [0.5, 0.6) is 0 Å². The van der Waals surface area contributed by atoms with Crippen LogP contribution in [0.3, 0.4) is 0 Å². The van der Waals surface area contributed by atoms with Crippen molar-refractivity contribution in [3.05, 3.63) is 47.5 Å². The summed E-state index contributed by atoms with van der Waals surface area (Å²) in [6.45, 7) is 2.65. The minimum Gasteiger partial charge on any atom is -0.396 e. The van der Waals surface area contributed by atoms with Crippen LogP contribution in [0.1, 0.15) is 41.9 Å². The number of likely N-dealkylation sites (tertiary alicyclic amines) is 1. The van der Waals surface area contributed by atoms with Gasteiger partial charge in [-0.25, -0.2) is 9.07 Å². The van der Waals surface area contributed by atoms with Crippen molar-refractivity contribution >= 4 is 5.91 Å². The SMILES string of the molecule is Cc1cc(C(=O)N2CCCCC2CCO)nn1-c1ccc(F)cc1. The Kier molecular flexibility index (Phi) is 4.94. The van der Waals surface area contributed by atoms with Gasteiger partial charge in [-0.2, -0.15) is 5.10 Å². The number of aryl methyl sites for hydroxylation is 1. The first-order valence-electron chi connectivity index (χ1n) is 8.34. The minimum absolute atomic E-state index is 0.0764. The molecule has 5 nitrogen and oxygen atoms in total. The second-order valence-corrected chi connectivity index (χ2v) is 6.22. The average molecular weight is 331 g/mol. The lowest BCUT2D eigenvalue weighted by atomic mass is 9.99. The van der Waals surface area contributed by atoms with Crippen molar-refractivity contribution in [3.8, 4) is 5.69 Å². The van der Waals surface area contributed by atoms with E-state index in [1.807, 2.05) is 11.8 Å². The molecular weight excluding hydrogens is 309 g/mol. The quantitative estimate of drug-likeness (QED) is 0.937. The smallest absolute Gasteiger partial charge is 0.274 e. The number of benzene rings is 1. The van der Waals surface area contributed by atoms with E-state index in [4.69, 9.17) is 0 Å². The molecule has 1 aromatic carbocycles. The predicted octanol–water partition coefficient (Wildman–Crippen LogP) is 2.70. The molecule has 0 aliphatic carbocycles. The van der Waals surface area contributed by atoms with Crippen LogP contribution in [0.15, 0.2) is 30.3 Å². The normalized spacial score (nSPS) is 18.0. The van der Waals surface area contributed by atoms with E-state index in [1.165, 1.54) is 12.1 Å². The van der Waals surface area contributed by atoms with E-state index in [0.717, 1.165) is 30.6 Å². The van der Waals surface area contributed by atoms with Crippen molar-refractivity contribution in [3.63, 3.8) is 0 Å². The van der Waals surface area contributed by atoms with E-state index in [9.17, 15) is 14.3 Å². The number of aromatic nitrogens is 2. The Bertz CT molecular complexity index is 710. The lowest BCUT2D eigenvalue weighted by molar-refractivity contribution is 0.0568. The van der Waals surface area contributed by atoms with Gasteiger partial charge in [-0.15, -0.1) is 0 Å². The van der Waals surface area contributed by atoms with Gasteiger partial charge in [0, 0.05) is 24.9 Å². The van der Waals surface area contributed by atoms with Crippen molar-refractivity contribution < 1.29 is 14.3 Å². The number of halogens is 1. The fourth-order valence-electron chi connectivity index (χ4n) is 3.29. The van der Waals surface area contributed by atoms with E-state index in [-0.39, 0.29) is 24.4 Å². The highest BCUT2D eigenvalue weighted by molar-refractivity contribution is 5.92. The van der Waals surface area contributed by atoms with Crippen LogP contribution in [0.4, 0.5) is 4.39 Å². The Balaban J connectivity index is 1.85. The third-order valence-corrected chi connectivity index (χ3v) is 4.53. The van der Waals surface area contributed by atoms with E-state index in [2.05, 4.69) is 5.10 Å². The second-order valence-electron chi connectivity index (χ2n) is 6.22. The fourth-order valence-corrected chi connectivity index (χ4v) is 3.29. The van der Waals surface area contributed by atoms with Crippen molar-refractivity contribution in [1.29, 1.82) is 0 Å². The maximum absolute atomic E-state index is 13.1. The molecule has 2 aromatic rings. The Labute approximate surface area is 140 Å². The largest absolute Gasteiger partial charge is 0.396 e. The summed E-state index contributed by atoms with van der Waals surface area (Å²) < 4.78 is 14.7. The van der Waals surface area contributed by atoms with Gasteiger partial charge in [0.1, 0.15) is 5.82 Å². The van der Waals surface area contributed by atoms with Gasteiger partial charge in [-0.1, -0.05) is 0 Å². The number of aliphatic hydroxyl groups is 1. The molecule has 0 saturated carbocycles. The molecule has 24 heavy (non-hydrogen) atoms. The number of hydrogen-bond donors (Lipinski definition) is 1. The summed E-state index contributed by atoms with van der Waals surface area (Å²) in [5, 5.41) is 13.6. The van der Waals surface area contributed by atoms with Gasteiger partial charge in [0.25, 0.3) is 5.91 Å². The number of piperidine rings is 1. The first kappa shape index (κ1) is 16.6. The highest BCUT2D eigenvalue weighted by Crippen LogP contribution is 2.22. The third-order valence-electron chi connectivity index (χ3n) is 4.53. The molecule has 1 aliphatic rings. The summed E-state index contributed by atoms with van der Waals surface area (Å²) in [4.78, 5) is 14.7. The number of rotatable bonds is 4. The topological polar surface area (TPSA) is 58.4 Å². The fraction of sp³-hybridized carbons (Fsp3) is 0.444. The van der Waals surface area contributed by atoms with E-state index in [0.29, 0.717) is 18.7 Å². The molecule has 3 rings (SSSR count). The Hall–Kier alpha value is -2.21. The predicted molar refractivity (Wildman–Crippen MR) is 88.6 cm³/mol. The molecule has 2 heterocycles. The highest BCUT2D eigenvalue weighted by Gasteiger charge is 2.28. The Morgan fingerprint density at radius 1 is 1.33 bits per heavy atom. The first-order chi connectivity index (χ1) is 11.6. The van der Waals surface area contributed by atoms with Crippen molar-refractivity contribution in [2.75, 3.05) is 13.2 Å². The summed E-state index contributed by atoms with van der Waals surface area (Å²) >= 11 is 0. The van der Waals surface area contributed by atoms with Crippen LogP contribution in [0.2, 0.25) is 0 Å². The standard InChI is InChI=1S/C18H22FN3O2/c1-13-12-17(20-22(13)16-7-5-14(19)6-8-16)18(24)21-10-3-2-4-15(21)9-11-23/h5-8,12,15,23H,2-4,9-11H2,1H3. The molecule has 1 amide bonds. The van der Waals surface area contributed by atoms with Gasteiger partial charge >= 0.3 is 0 Å². The number of amides is 1. The Morgan fingerprint density at radius 2 is 2.08 bits per heavy atom. The van der Waals surface area contributed by atoms with Crippen LogP contribution in [-0.4, -0.2) is 44.9 Å². The second kappa shape index (κ2) is 7.13. The molecule has 1 aromatic heterocycles. The maximum Gasteiger partial charge on any atom is 0.274 e. The summed E-state index contributed by atoms with van der Waals surface area (Å²) in [5.41, 5.74) is 1.93. The first-order valence-corrected chi connectivity index (χ1v) is 8.34. The molecule has 6 heteroatoms. The Morgan fingerprint density at radius 3 is 2.79 bits per heavy atom. The lowest BCUT2D eigenvalue weighted by Gasteiger charge is -2.35. The summed E-state index contributed by atoms with van der Waals surface area (Å²) in [5.74, 6) is -0.405. The van der Waals surface area contributed by atoms with E-state index < -0.39 is 0 Å². The molecule has 0 bridgehead atoms. The monoisotopic (exact) mass is 331 g/mol.